The van der Waals surface area contributed by atoms with E-state index in [9.17, 15) is 28.3 Å². The molecule has 2 N–H and O–H groups in total. The number of alkyl halides is 2. The van der Waals surface area contributed by atoms with Crippen LogP contribution in [0.3, 0.4) is 0 Å². The van der Waals surface area contributed by atoms with Crippen LogP contribution in [0.1, 0.15) is 44.2 Å². The first-order valence-electron chi connectivity index (χ1n) is 11.4. The van der Waals surface area contributed by atoms with Crippen molar-refractivity contribution in [3.63, 3.8) is 0 Å². The monoisotopic (exact) mass is 486 g/mol. The zero-order valence-electron chi connectivity index (χ0n) is 19.8. The molecule has 0 spiro atoms. The maximum absolute atomic E-state index is 14.0. The molecule has 0 aromatic heterocycles. The topological polar surface area (TPSA) is 95.9 Å². The summed E-state index contributed by atoms with van der Waals surface area (Å²) in [6.07, 6.45) is -1.84. The predicted octanol–water partition coefficient (Wildman–Crippen LogP) is 4.26. The molecular formula is C26H28F2N2O5. The lowest BCUT2D eigenvalue weighted by molar-refractivity contribution is -0.150. The van der Waals surface area contributed by atoms with Crippen molar-refractivity contribution in [3.8, 4) is 11.1 Å². The molecule has 1 aliphatic carbocycles. The fraction of sp³-hybridized carbons (Fsp3) is 0.423. The van der Waals surface area contributed by atoms with Crippen molar-refractivity contribution in [2.24, 2.45) is 5.41 Å². The molecule has 2 amide bonds. The lowest BCUT2D eigenvalue weighted by Gasteiger charge is -2.34. The Kier molecular flexibility index (Phi) is 6.29. The zero-order chi connectivity index (χ0) is 25.5. The number of carboxylic acids is 1. The Morgan fingerprint density at radius 3 is 2.14 bits per heavy atom. The number of carbonyl (C=O) groups excluding carboxylic acids is 2. The van der Waals surface area contributed by atoms with Gasteiger partial charge in [-0.25, -0.2) is 18.4 Å². The average molecular weight is 487 g/mol. The van der Waals surface area contributed by atoms with Crippen molar-refractivity contribution in [2.45, 2.75) is 51.1 Å². The molecule has 0 saturated carbocycles. The molecule has 2 aromatic carbocycles. The molecule has 9 heteroatoms. The summed E-state index contributed by atoms with van der Waals surface area (Å²) in [5.41, 5.74) is 3.29. The lowest BCUT2D eigenvalue weighted by atomic mass is 9.85. The Balaban J connectivity index is 1.49. The number of fused-ring (bicyclic) bond motifs is 3. The van der Waals surface area contributed by atoms with Gasteiger partial charge in [-0.2, -0.15) is 0 Å². The summed E-state index contributed by atoms with van der Waals surface area (Å²) in [6.45, 7) is 3.97. The van der Waals surface area contributed by atoms with E-state index in [1.165, 1.54) is 0 Å². The number of amides is 2. The van der Waals surface area contributed by atoms with Gasteiger partial charge in [0.1, 0.15) is 18.7 Å². The SMILES string of the molecule is CC(C)(C)[C@@H](NC(=O)OCC1c2ccccc2-c2ccccc21)C(=O)N1CC(F)(F)CC1C(=O)O. The number of nitrogens with zero attached hydrogens (tertiary/aromatic N) is 1. The van der Waals surface area contributed by atoms with Crippen LogP contribution in [-0.4, -0.2) is 59.1 Å². The van der Waals surface area contributed by atoms with Crippen molar-refractivity contribution in [1.82, 2.24) is 10.2 Å². The number of alkyl carbamates (subject to hydrolysis) is 1. The molecule has 1 aliphatic heterocycles. The van der Waals surface area contributed by atoms with Crippen molar-refractivity contribution in [2.75, 3.05) is 13.2 Å². The van der Waals surface area contributed by atoms with E-state index < -0.39 is 54.4 Å². The Bertz CT molecular complexity index is 1110. The van der Waals surface area contributed by atoms with E-state index in [1.54, 1.807) is 20.8 Å². The standard InChI is InChI=1S/C26H28F2N2O5/c1-25(2,3)21(22(31)30-14-26(27,28)12-20(30)23(32)33)29-24(34)35-13-19-17-10-6-4-8-15(17)16-9-5-7-11-18(16)19/h4-11,19-21H,12-14H2,1-3H3,(H,29,34)(H,32,33)/t20?,21-/m0/s1. The first-order chi connectivity index (χ1) is 16.4. The zero-order valence-corrected chi connectivity index (χ0v) is 19.8. The number of rotatable bonds is 5. The molecule has 186 valence electrons. The number of aliphatic carboxylic acids is 1. The summed E-state index contributed by atoms with van der Waals surface area (Å²) >= 11 is 0. The molecule has 2 atom stereocenters. The van der Waals surface area contributed by atoms with Crippen LogP contribution in [0.5, 0.6) is 0 Å². The number of carboxylic acid groups (broad SMARTS) is 1. The molecule has 1 unspecified atom stereocenters. The Labute approximate surface area is 202 Å². The highest BCUT2D eigenvalue weighted by Gasteiger charge is 2.52. The summed E-state index contributed by atoms with van der Waals surface area (Å²) in [5, 5.41) is 11.9. The normalized spacial score (nSPS) is 19.6. The second kappa shape index (κ2) is 8.94. The van der Waals surface area contributed by atoms with Gasteiger partial charge >= 0.3 is 12.1 Å². The second-order valence-corrected chi connectivity index (χ2v) is 10.1. The van der Waals surface area contributed by atoms with Crippen LogP contribution in [0.25, 0.3) is 11.1 Å². The van der Waals surface area contributed by atoms with Gasteiger partial charge in [0, 0.05) is 12.3 Å². The smallest absolute Gasteiger partial charge is 0.407 e. The molecular weight excluding hydrogens is 458 g/mol. The quantitative estimate of drug-likeness (QED) is 0.659. The molecule has 4 rings (SSSR count). The Morgan fingerprint density at radius 2 is 1.63 bits per heavy atom. The summed E-state index contributed by atoms with van der Waals surface area (Å²) < 4.78 is 33.4. The van der Waals surface area contributed by atoms with Crippen LogP contribution in [-0.2, 0) is 14.3 Å². The van der Waals surface area contributed by atoms with E-state index in [2.05, 4.69) is 5.32 Å². The maximum Gasteiger partial charge on any atom is 0.407 e. The van der Waals surface area contributed by atoms with E-state index in [0.29, 0.717) is 4.90 Å². The van der Waals surface area contributed by atoms with Gasteiger partial charge in [0.15, 0.2) is 0 Å². The molecule has 1 saturated heterocycles. The van der Waals surface area contributed by atoms with Crippen LogP contribution < -0.4 is 5.32 Å². The van der Waals surface area contributed by atoms with E-state index in [0.717, 1.165) is 22.3 Å². The molecule has 2 aliphatic rings. The van der Waals surface area contributed by atoms with Crippen molar-refractivity contribution < 1.29 is 33.0 Å². The number of likely N-dealkylation sites (tertiary alicyclic amines) is 1. The number of halogens is 2. The van der Waals surface area contributed by atoms with Crippen molar-refractivity contribution >= 4 is 18.0 Å². The van der Waals surface area contributed by atoms with Crippen molar-refractivity contribution in [3.05, 3.63) is 59.7 Å². The molecule has 0 radical (unpaired) electrons. The summed E-state index contributed by atoms with van der Waals surface area (Å²) in [6, 6.07) is 12.8. The van der Waals surface area contributed by atoms with Crippen LogP contribution in [0.4, 0.5) is 13.6 Å². The summed E-state index contributed by atoms with van der Waals surface area (Å²) in [4.78, 5) is 38.1. The van der Waals surface area contributed by atoms with E-state index in [1.807, 2.05) is 48.5 Å². The average Bonchev–Trinajstić information content (AvgIpc) is 3.29. The van der Waals surface area contributed by atoms with E-state index in [-0.39, 0.29) is 12.5 Å². The van der Waals surface area contributed by atoms with Gasteiger partial charge in [0.05, 0.1) is 6.54 Å². The number of hydrogen-bond acceptors (Lipinski definition) is 4. The molecule has 1 heterocycles. The number of benzene rings is 2. The maximum atomic E-state index is 14.0. The van der Waals surface area contributed by atoms with Crippen molar-refractivity contribution in [1.29, 1.82) is 0 Å². The van der Waals surface area contributed by atoms with E-state index in [4.69, 9.17) is 4.74 Å². The predicted molar refractivity (Wildman–Crippen MR) is 124 cm³/mol. The third-order valence-corrected chi connectivity index (χ3v) is 6.56. The molecule has 35 heavy (non-hydrogen) atoms. The Morgan fingerprint density at radius 1 is 1.09 bits per heavy atom. The molecule has 1 fully saturated rings. The molecule has 0 bridgehead atoms. The fourth-order valence-electron chi connectivity index (χ4n) is 4.84. The number of nitrogens with one attached hydrogen (secondary N) is 1. The largest absolute Gasteiger partial charge is 0.480 e. The first kappa shape index (κ1) is 24.6. The van der Waals surface area contributed by atoms with Gasteiger partial charge in [0.25, 0.3) is 5.92 Å². The van der Waals surface area contributed by atoms with E-state index >= 15 is 0 Å². The minimum absolute atomic E-state index is 0.0183. The molecule has 7 nitrogen and oxygen atoms in total. The van der Waals surface area contributed by atoms with Crippen LogP contribution in [0.2, 0.25) is 0 Å². The first-order valence-corrected chi connectivity index (χ1v) is 11.4. The van der Waals surface area contributed by atoms with Crippen LogP contribution in [0.15, 0.2) is 48.5 Å². The van der Waals surface area contributed by atoms with Gasteiger partial charge in [-0.15, -0.1) is 0 Å². The highest BCUT2D eigenvalue weighted by atomic mass is 19.3. The second-order valence-electron chi connectivity index (χ2n) is 10.1. The number of ether oxygens (including phenoxy) is 1. The van der Waals surface area contributed by atoms with Crippen LogP contribution in [0, 0.1) is 5.41 Å². The van der Waals surface area contributed by atoms with Gasteiger partial charge < -0.3 is 20.1 Å². The highest BCUT2D eigenvalue weighted by Crippen LogP contribution is 2.44. The Hall–Kier alpha value is -3.49. The summed E-state index contributed by atoms with van der Waals surface area (Å²) in [5.74, 6) is -5.89. The minimum Gasteiger partial charge on any atom is -0.480 e. The molecule has 2 aromatic rings. The fourth-order valence-corrected chi connectivity index (χ4v) is 4.84. The van der Waals surface area contributed by atoms with Gasteiger partial charge in [0.2, 0.25) is 5.91 Å². The van der Waals surface area contributed by atoms with Gasteiger partial charge in [-0.3, -0.25) is 4.79 Å². The summed E-state index contributed by atoms with van der Waals surface area (Å²) in [7, 11) is 0. The third kappa shape index (κ3) is 4.85. The number of hydrogen-bond donors (Lipinski definition) is 2. The number of carbonyl (C=O) groups is 3. The highest BCUT2D eigenvalue weighted by molar-refractivity contribution is 5.90. The third-order valence-electron chi connectivity index (χ3n) is 6.56. The minimum atomic E-state index is -3.31. The lowest BCUT2D eigenvalue weighted by Crippen LogP contribution is -2.57. The van der Waals surface area contributed by atoms with Crippen LogP contribution >= 0.6 is 0 Å². The van der Waals surface area contributed by atoms with Gasteiger partial charge in [-0.05, 0) is 27.7 Å². The van der Waals surface area contributed by atoms with Gasteiger partial charge in [-0.1, -0.05) is 69.3 Å².